The molecule has 0 fully saturated rings. The molecule has 0 aliphatic heterocycles. The van der Waals surface area contributed by atoms with Crippen LogP contribution in [0.3, 0.4) is 0 Å². The molecule has 0 aliphatic carbocycles. The van der Waals surface area contributed by atoms with Crippen LogP contribution in [0.25, 0.3) is 5.69 Å². The molecule has 0 radical (unpaired) electrons. The van der Waals surface area contributed by atoms with Gasteiger partial charge in [0.2, 0.25) is 5.91 Å². The first kappa shape index (κ1) is 15.6. The van der Waals surface area contributed by atoms with Crippen molar-refractivity contribution in [3.63, 3.8) is 0 Å². The maximum atomic E-state index is 11.1. The summed E-state index contributed by atoms with van der Waals surface area (Å²) in [7, 11) is 0. The number of thioether (sulfide) groups is 1. The third-order valence-electron chi connectivity index (χ3n) is 2.89. The standard InChI is InChI=1S/C15H20N4OS/c1-11(2)7-8-21-15-18-16-10-19(15)14-6-4-5-13(9-14)17-12(3)20/h4-6,9-11H,7-8H2,1-3H3,(H,17,20). The molecule has 0 spiro atoms. The average Bonchev–Trinajstić information content (AvgIpc) is 2.86. The molecule has 1 N–H and O–H groups in total. The molecular weight excluding hydrogens is 284 g/mol. The van der Waals surface area contributed by atoms with Gasteiger partial charge in [-0.2, -0.15) is 0 Å². The molecule has 5 nitrogen and oxygen atoms in total. The fourth-order valence-corrected chi connectivity index (χ4v) is 2.99. The summed E-state index contributed by atoms with van der Waals surface area (Å²) in [5.74, 6) is 1.61. The maximum absolute atomic E-state index is 11.1. The molecule has 0 aliphatic rings. The second-order valence-corrected chi connectivity index (χ2v) is 6.31. The van der Waals surface area contributed by atoms with Gasteiger partial charge in [0.1, 0.15) is 6.33 Å². The number of nitrogens with zero attached hydrogens (tertiary/aromatic N) is 3. The minimum Gasteiger partial charge on any atom is -0.326 e. The molecule has 0 atom stereocenters. The Labute approximate surface area is 129 Å². The Morgan fingerprint density at radius 3 is 2.95 bits per heavy atom. The molecule has 21 heavy (non-hydrogen) atoms. The van der Waals surface area contributed by atoms with Gasteiger partial charge in [-0.15, -0.1) is 10.2 Å². The molecule has 1 heterocycles. The van der Waals surface area contributed by atoms with Crippen molar-refractivity contribution >= 4 is 23.4 Å². The number of anilines is 1. The first-order valence-electron chi connectivity index (χ1n) is 6.97. The molecule has 0 bridgehead atoms. The second-order valence-electron chi connectivity index (χ2n) is 5.25. The molecule has 1 amide bonds. The molecule has 6 heteroatoms. The fraction of sp³-hybridized carbons (Fsp3) is 0.400. The van der Waals surface area contributed by atoms with Crippen LogP contribution in [0.2, 0.25) is 0 Å². The summed E-state index contributed by atoms with van der Waals surface area (Å²) >= 11 is 1.70. The smallest absolute Gasteiger partial charge is 0.221 e. The lowest BCUT2D eigenvalue weighted by atomic mass is 10.2. The van der Waals surface area contributed by atoms with Gasteiger partial charge in [-0.05, 0) is 30.5 Å². The summed E-state index contributed by atoms with van der Waals surface area (Å²) in [6.45, 7) is 5.92. The van der Waals surface area contributed by atoms with Gasteiger partial charge in [0.25, 0.3) is 0 Å². The topological polar surface area (TPSA) is 59.8 Å². The van der Waals surface area contributed by atoms with E-state index in [0.29, 0.717) is 5.92 Å². The van der Waals surface area contributed by atoms with Crippen molar-refractivity contribution in [2.24, 2.45) is 5.92 Å². The van der Waals surface area contributed by atoms with E-state index in [1.54, 1.807) is 18.1 Å². The quantitative estimate of drug-likeness (QED) is 0.831. The number of nitrogens with one attached hydrogen (secondary N) is 1. The number of hydrogen-bond donors (Lipinski definition) is 1. The van der Waals surface area contributed by atoms with Crippen LogP contribution < -0.4 is 5.32 Å². The third-order valence-corrected chi connectivity index (χ3v) is 3.86. The van der Waals surface area contributed by atoms with Crippen molar-refractivity contribution in [1.29, 1.82) is 0 Å². The van der Waals surface area contributed by atoms with Crippen LogP contribution in [0, 0.1) is 5.92 Å². The van der Waals surface area contributed by atoms with Crippen molar-refractivity contribution in [2.75, 3.05) is 11.1 Å². The van der Waals surface area contributed by atoms with Gasteiger partial charge in [0, 0.05) is 18.4 Å². The number of carbonyl (C=O) groups is 1. The average molecular weight is 304 g/mol. The minimum atomic E-state index is -0.0811. The number of carbonyl (C=O) groups excluding carboxylic acids is 1. The zero-order valence-electron chi connectivity index (χ0n) is 12.5. The van der Waals surface area contributed by atoms with Crippen LogP contribution in [0.1, 0.15) is 27.2 Å². The van der Waals surface area contributed by atoms with E-state index < -0.39 is 0 Å². The Bertz CT molecular complexity index is 609. The Morgan fingerprint density at radius 2 is 2.24 bits per heavy atom. The first-order chi connectivity index (χ1) is 10.1. The number of hydrogen-bond acceptors (Lipinski definition) is 4. The van der Waals surface area contributed by atoms with Gasteiger partial charge < -0.3 is 5.32 Å². The number of aromatic nitrogens is 3. The zero-order chi connectivity index (χ0) is 15.2. The molecular formula is C15H20N4OS. The van der Waals surface area contributed by atoms with Crippen molar-refractivity contribution in [2.45, 2.75) is 32.3 Å². The van der Waals surface area contributed by atoms with Gasteiger partial charge in [-0.1, -0.05) is 31.7 Å². The normalized spacial score (nSPS) is 10.9. The monoisotopic (exact) mass is 304 g/mol. The summed E-state index contributed by atoms with van der Waals surface area (Å²) in [5, 5.41) is 11.8. The largest absolute Gasteiger partial charge is 0.326 e. The lowest BCUT2D eigenvalue weighted by molar-refractivity contribution is -0.114. The van der Waals surface area contributed by atoms with Crippen molar-refractivity contribution in [3.8, 4) is 5.69 Å². The Hall–Kier alpha value is -1.82. The fourth-order valence-electron chi connectivity index (χ4n) is 1.82. The Kier molecular flexibility index (Phi) is 5.38. The lowest BCUT2D eigenvalue weighted by Gasteiger charge is -2.09. The van der Waals surface area contributed by atoms with Crippen molar-refractivity contribution in [1.82, 2.24) is 14.8 Å². The van der Waals surface area contributed by atoms with Gasteiger partial charge in [-0.3, -0.25) is 9.36 Å². The number of rotatable bonds is 6. The first-order valence-corrected chi connectivity index (χ1v) is 7.95. The highest BCUT2D eigenvalue weighted by Gasteiger charge is 2.08. The van der Waals surface area contributed by atoms with Gasteiger partial charge >= 0.3 is 0 Å². The van der Waals surface area contributed by atoms with Crippen LogP contribution in [-0.2, 0) is 4.79 Å². The predicted octanol–water partition coefficient (Wildman–Crippen LogP) is 3.36. The lowest BCUT2D eigenvalue weighted by Crippen LogP contribution is -2.06. The van der Waals surface area contributed by atoms with E-state index >= 15 is 0 Å². The molecule has 1 aromatic heterocycles. The van der Waals surface area contributed by atoms with Crippen molar-refractivity contribution in [3.05, 3.63) is 30.6 Å². The summed E-state index contributed by atoms with van der Waals surface area (Å²) in [4.78, 5) is 11.1. The van der Waals surface area contributed by atoms with E-state index in [1.165, 1.54) is 6.92 Å². The number of benzene rings is 1. The van der Waals surface area contributed by atoms with Gasteiger partial charge in [0.05, 0.1) is 5.69 Å². The Balaban J connectivity index is 2.14. The van der Waals surface area contributed by atoms with Gasteiger partial charge in [-0.25, -0.2) is 0 Å². The highest BCUT2D eigenvalue weighted by Crippen LogP contribution is 2.23. The van der Waals surface area contributed by atoms with E-state index in [-0.39, 0.29) is 5.91 Å². The van der Waals surface area contributed by atoms with Crippen LogP contribution in [0.5, 0.6) is 0 Å². The van der Waals surface area contributed by atoms with Crippen molar-refractivity contribution < 1.29 is 4.79 Å². The van der Waals surface area contributed by atoms with Crippen LogP contribution >= 0.6 is 11.8 Å². The SMILES string of the molecule is CC(=O)Nc1cccc(-n2cnnc2SCCC(C)C)c1. The third kappa shape index (κ3) is 4.60. The summed E-state index contributed by atoms with van der Waals surface area (Å²) in [6.07, 6.45) is 2.84. The summed E-state index contributed by atoms with van der Waals surface area (Å²) in [5.41, 5.74) is 1.71. The van der Waals surface area contributed by atoms with E-state index in [0.717, 1.165) is 28.7 Å². The molecule has 2 aromatic rings. The maximum Gasteiger partial charge on any atom is 0.221 e. The molecule has 0 saturated heterocycles. The molecule has 0 saturated carbocycles. The minimum absolute atomic E-state index is 0.0811. The van der Waals surface area contributed by atoms with E-state index in [2.05, 4.69) is 29.4 Å². The van der Waals surface area contributed by atoms with E-state index in [9.17, 15) is 4.79 Å². The molecule has 112 valence electrons. The van der Waals surface area contributed by atoms with Gasteiger partial charge in [0.15, 0.2) is 5.16 Å². The van der Waals surface area contributed by atoms with Crippen LogP contribution in [0.4, 0.5) is 5.69 Å². The summed E-state index contributed by atoms with van der Waals surface area (Å²) in [6, 6.07) is 7.66. The molecule has 1 aromatic carbocycles. The highest BCUT2D eigenvalue weighted by atomic mass is 32.2. The second kappa shape index (κ2) is 7.26. The van der Waals surface area contributed by atoms with E-state index in [4.69, 9.17) is 0 Å². The highest BCUT2D eigenvalue weighted by molar-refractivity contribution is 7.99. The van der Waals surface area contributed by atoms with Crippen LogP contribution in [-0.4, -0.2) is 26.4 Å². The van der Waals surface area contributed by atoms with Crippen LogP contribution in [0.15, 0.2) is 35.7 Å². The molecule has 0 unspecified atom stereocenters. The predicted molar refractivity (Wildman–Crippen MR) is 85.8 cm³/mol. The Morgan fingerprint density at radius 1 is 1.43 bits per heavy atom. The zero-order valence-corrected chi connectivity index (χ0v) is 13.4. The summed E-state index contributed by atoms with van der Waals surface area (Å²) < 4.78 is 1.94. The molecule has 2 rings (SSSR count). The van der Waals surface area contributed by atoms with E-state index in [1.807, 2.05) is 28.8 Å². The number of amides is 1.